The first-order valence-electron chi connectivity index (χ1n) is 8.95. The van der Waals surface area contributed by atoms with Crippen molar-refractivity contribution in [1.29, 1.82) is 0 Å². The molecule has 1 N–H and O–H groups in total. The number of nitrogens with zero attached hydrogens (tertiary/aromatic N) is 1. The maximum Gasteiger partial charge on any atom is 0.341 e. The fraction of sp³-hybridized carbons (Fsp3) is 0.632. The van der Waals surface area contributed by atoms with Gasteiger partial charge in [0.05, 0.1) is 0 Å². The van der Waals surface area contributed by atoms with Gasteiger partial charge in [-0.2, -0.15) is 11.8 Å². The molecule has 1 aromatic carbocycles. The Morgan fingerprint density at radius 3 is 2.75 bits per heavy atom. The van der Waals surface area contributed by atoms with Crippen LogP contribution in [0.5, 0.6) is 5.75 Å². The van der Waals surface area contributed by atoms with Crippen LogP contribution in [0.4, 0.5) is 0 Å². The first kappa shape index (κ1) is 19.1. The van der Waals surface area contributed by atoms with E-state index in [9.17, 15) is 4.79 Å². The number of para-hydroxylation sites is 1. The van der Waals surface area contributed by atoms with Crippen molar-refractivity contribution in [3.05, 3.63) is 29.8 Å². The molecule has 134 valence electrons. The second kappa shape index (κ2) is 10.6. The third kappa shape index (κ3) is 6.36. The van der Waals surface area contributed by atoms with Gasteiger partial charge in [0, 0.05) is 30.4 Å². The molecule has 0 spiro atoms. The number of rotatable bonds is 10. The number of benzene rings is 1. The molecule has 1 aliphatic carbocycles. The number of carbonyl (C=O) groups is 1. The lowest BCUT2D eigenvalue weighted by molar-refractivity contribution is -0.139. The van der Waals surface area contributed by atoms with Gasteiger partial charge >= 0.3 is 5.97 Å². The Bertz CT molecular complexity index is 503. The van der Waals surface area contributed by atoms with Crippen LogP contribution in [0.25, 0.3) is 0 Å². The van der Waals surface area contributed by atoms with E-state index in [1.54, 1.807) is 0 Å². The van der Waals surface area contributed by atoms with Gasteiger partial charge in [-0.05, 0) is 24.7 Å². The summed E-state index contributed by atoms with van der Waals surface area (Å²) in [5, 5.41) is 8.86. The lowest BCUT2D eigenvalue weighted by atomic mass is 9.94. The largest absolute Gasteiger partial charge is 0.482 e. The van der Waals surface area contributed by atoms with Crippen LogP contribution in [0.3, 0.4) is 0 Å². The van der Waals surface area contributed by atoms with E-state index in [2.05, 4.69) is 17.9 Å². The van der Waals surface area contributed by atoms with E-state index in [-0.39, 0.29) is 6.61 Å². The average Bonchev–Trinajstić information content (AvgIpc) is 2.61. The minimum absolute atomic E-state index is 0.286. The molecule has 2 rings (SSSR count). The summed E-state index contributed by atoms with van der Waals surface area (Å²) in [4.78, 5) is 13.4. The van der Waals surface area contributed by atoms with E-state index >= 15 is 0 Å². The summed E-state index contributed by atoms with van der Waals surface area (Å²) in [5.74, 6) is 2.05. The topological polar surface area (TPSA) is 49.8 Å². The first-order valence-corrected chi connectivity index (χ1v) is 10.1. The number of aliphatic carboxylic acids is 1. The minimum atomic E-state index is -0.937. The predicted octanol–water partition coefficient (Wildman–Crippen LogP) is 4.04. The summed E-state index contributed by atoms with van der Waals surface area (Å²) in [5.41, 5.74) is 1.09. The Hall–Kier alpha value is -1.20. The van der Waals surface area contributed by atoms with Gasteiger partial charge in [-0.1, -0.05) is 44.4 Å². The Morgan fingerprint density at radius 1 is 1.29 bits per heavy atom. The molecule has 1 saturated carbocycles. The lowest BCUT2D eigenvalue weighted by Crippen LogP contribution is -2.38. The van der Waals surface area contributed by atoms with Crippen LogP contribution >= 0.6 is 11.8 Å². The summed E-state index contributed by atoms with van der Waals surface area (Å²) in [6, 6.07) is 8.48. The fourth-order valence-corrected chi connectivity index (χ4v) is 3.95. The number of thioether (sulfide) groups is 1. The third-order valence-electron chi connectivity index (χ3n) is 4.52. The molecule has 0 unspecified atom stereocenters. The van der Waals surface area contributed by atoms with Crippen LogP contribution in [0.2, 0.25) is 0 Å². The van der Waals surface area contributed by atoms with Crippen molar-refractivity contribution in [3.8, 4) is 5.75 Å². The highest BCUT2D eigenvalue weighted by Crippen LogP contribution is 2.27. The van der Waals surface area contributed by atoms with E-state index in [4.69, 9.17) is 9.84 Å². The summed E-state index contributed by atoms with van der Waals surface area (Å²) < 4.78 is 5.48. The Balaban J connectivity index is 2.05. The SMILES string of the molecule is CCSCCN(Cc1ccccc1OCC(=O)O)C1CCCCC1. The highest BCUT2D eigenvalue weighted by atomic mass is 32.2. The highest BCUT2D eigenvalue weighted by molar-refractivity contribution is 7.99. The molecular formula is C19H29NO3S. The average molecular weight is 352 g/mol. The molecule has 0 aliphatic heterocycles. The van der Waals surface area contributed by atoms with Gasteiger partial charge in [-0.3, -0.25) is 4.90 Å². The zero-order chi connectivity index (χ0) is 17.2. The zero-order valence-corrected chi connectivity index (χ0v) is 15.4. The molecule has 1 aromatic rings. The van der Waals surface area contributed by atoms with E-state index in [0.29, 0.717) is 11.8 Å². The molecule has 0 aromatic heterocycles. The van der Waals surface area contributed by atoms with Gasteiger partial charge in [0.15, 0.2) is 6.61 Å². The summed E-state index contributed by atoms with van der Waals surface area (Å²) in [6.45, 7) is 3.83. The van der Waals surface area contributed by atoms with Crippen molar-refractivity contribution in [2.24, 2.45) is 0 Å². The van der Waals surface area contributed by atoms with Crippen molar-refractivity contribution in [3.63, 3.8) is 0 Å². The van der Waals surface area contributed by atoms with E-state index in [1.165, 1.54) is 32.1 Å². The van der Waals surface area contributed by atoms with Crippen LogP contribution in [0.15, 0.2) is 24.3 Å². The Kier molecular flexibility index (Phi) is 8.47. The molecule has 0 atom stereocenters. The molecule has 0 radical (unpaired) electrons. The molecule has 24 heavy (non-hydrogen) atoms. The molecule has 1 fully saturated rings. The van der Waals surface area contributed by atoms with Crippen molar-refractivity contribution in [1.82, 2.24) is 4.90 Å². The number of hydrogen-bond donors (Lipinski definition) is 1. The molecular weight excluding hydrogens is 322 g/mol. The zero-order valence-electron chi connectivity index (χ0n) is 14.6. The molecule has 5 heteroatoms. The second-order valence-electron chi connectivity index (χ2n) is 6.25. The van der Waals surface area contributed by atoms with Gasteiger partial charge in [0.2, 0.25) is 0 Å². The van der Waals surface area contributed by atoms with Crippen LogP contribution < -0.4 is 4.74 Å². The van der Waals surface area contributed by atoms with Crippen LogP contribution in [-0.4, -0.2) is 46.7 Å². The number of ether oxygens (including phenoxy) is 1. The lowest BCUT2D eigenvalue weighted by Gasteiger charge is -2.34. The summed E-state index contributed by atoms with van der Waals surface area (Å²) in [6.07, 6.45) is 6.54. The number of carboxylic acid groups (broad SMARTS) is 1. The predicted molar refractivity (Wildman–Crippen MR) is 99.9 cm³/mol. The Labute approximate surface area is 149 Å². The van der Waals surface area contributed by atoms with Gasteiger partial charge in [0.1, 0.15) is 5.75 Å². The molecule has 4 nitrogen and oxygen atoms in total. The number of hydrogen-bond acceptors (Lipinski definition) is 4. The summed E-state index contributed by atoms with van der Waals surface area (Å²) in [7, 11) is 0. The number of carboxylic acids is 1. The van der Waals surface area contributed by atoms with Crippen molar-refractivity contribution >= 4 is 17.7 Å². The van der Waals surface area contributed by atoms with Crippen LogP contribution in [-0.2, 0) is 11.3 Å². The Morgan fingerprint density at radius 2 is 2.04 bits per heavy atom. The van der Waals surface area contributed by atoms with Crippen molar-refractivity contribution in [2.75, 3.05) is 24.7 Å². The molecule has 0 amide bonds. The first-order chi connectivity index (χ1) is 11.7. The normalized spacial score (nSPS) is 15.6. The monoisotopic (exact) mass is 351 g/mol. The second-order valence-corrected chi connectivity index (χ2v) is 7.64. The maximum absolute atomic E-state index is 10.8. The molecule has 0 bridgehead atoms. The fourth-order valence-electron chi connectivity index (χ4n) is 3.30. The molecule has 1 aliphatic rings. The standard InChI is InChI=1S/C19H29NO3S/c1-2-24-13-12-20(17-9-4-3-5-10-17)14-16-8-6-7-11-18(16)23-15-19(21)22/h6-8,11,17H,2-5,9-10,12-15H2,1H3,(H,21,22). The van der Waals surface area contributed by atoms with Gasteiger partial charge in [0.25, 0.3) is 0 Å². The highest BCUT2D eigenvalue weighted by Gasteiger charge is 2.22. The van der Waals surface area contributed by atoms with Gasteiger partial charge < -0.3 is 9.84 Å². The van der Waals surface area contributed by atoms with E-state index in [0.717, 1.165) is 30.2 Å². The quantitative estimate of drug-likeness (QED) is 0.645. The van der Waals surface area contributed by atoms with Crippen LogP contribution in [0, 0.1) is 0 Å². The summed E-state index contributed by atoms with van der Waals surface area (Å²) >= 11 is 1.98. The smallest absolute Gasteiger partial charge is 0.341 e. The van der Waals surface area contributed by atoms with E-state index < -0.39 is 5.97 Å². The van der Waals surface area contributed by atoms with E-state index in [1.807, 2.05) is 30.0 Å². The minimum Gasteiger partial charge on any atom is -0.482 e. The van der Waals surface area contributed by atoms with Crippen molar-refractivity contribution < 1.29 is 14.6 Å². The molecule has 0 heterocycles. The van der Waals surface area contributed by atoms with Crippen molar-refractivity contribution in [2.45, 2.75) is 51.6 Å². The van der Waals surface area contributed by atoms with Gasteiger partial charge in [-0.25, -0.2) is 4.79 Å². The molecule has 0 saturated heterocycles. The third-order valence-corrected chi connectivity index (χ3v) is 5.39. The van der Waals surface area contributed by atoms with Gasteiger partial charge in [-0.15, -0.1) is 0 Å². The van der Waals surface area contributed by atoms with Crippen LogP contribution in [0.1, 0.15) is 44.6 Å². The maximum atomic E-state index is 10.8.